The van der Waals surface area contributed by atoms with Crippen molar-refractivity contribution in [1.29, 1.82) is 0 Å². The molecule has 1 aromatic carbocycles. The molecule has 0 spiro atoms. The molecule has 4 rings (SSSR count). The Labute approximate surface area is 139 Å². The third kappa shape index (κ3) is 2.83. The molecule has 4 aromatic rings. The molecular weight excluding hydrogens is 302 g/mol. The summed E-state index contributed by atoms with van der Waals surface area (Å²) >= 11 is 0. The molecular formula is C17H17N7. The summed E-state index contributed by atoms with van der Waals surface area (Å²) in [5.74, 6) is 1.51. The van der Waals surface area contributed by atoms with E-state index < -0.39 is 0 Å². The van der Waals surface area contributed by atoms with E-state index in [-0.39, 0.29) is 6.04 Å². The molecule has 0 aliphatic heterocycles. The molecule has 0 fully saturated rings. The molecule has 1 N–H and O–H groups in total. The minimum atomic E-state index is 0.187. The lowest BCUT2D eigenvalue weighted by Crippen LogP contribution is -2.23. The summed E-state index contributed by atoms with van der Waals surface area (Å²) in [7, 11) is 0. The van der Waals surface area contributed by atoms with Gasteiger partial charge in [0, 0.05) is 24.0 Å². The van der Waals surface area contributed by atoms with E-state index in [0.29, 0.717) is 0 Å². The molecule has 120 valence electrons. The van der Waals surface area contributed by atoms with Crippen LogP contribution in [0.25, 0.3) is 17.0 Å². The highest BCUT2D eigenvalue weighted by molar-refractivity contribution is 5.59. The largest absolute Gasteiger partial charge is 0.364 e. The van der Waals surface area contributed by atoms with E-state index in [9.17, 15) is 0 Å². The quantitative estimate of drug-likeness (QED) is 0.612. The van der Waals surface area contributed by atoms with E-state index in [0.717, 1.165) is 29.4 Å². The van der Waals surface area contributed by atoms with Gasteiger partial charge < -0.3 is 5.32 Å². The third-order valence-electron chi connectivity index (χ3n) is 3.71. The Hall–Kier alpha value is -3.22. The smallest absolute Gasteiger partial charge is 0.185 e. The van der Waals surface area contributed by atoms with Gasteiger partial charge >= 0.3 is 0 Å². The highest BCUT2D eigenvalue weighted by Gasteiger charge is 2.11. The van der Waals surface area contributed by atoms with Crippen molar-refractivity contribution in [2.75, 3.05) is 5.32 Å². The molecule has 0 aliphatic rings. The lowest BCUT2D eigenvalue weighted by atomic mass is 10.2. The van der Waals surface area contributed by atoms with Crippen LogP contribution < -0.4 is 5.32 Å². The highest BCUT2D eigenvalue weighted by atomic mass is 15.4. The van der Waals surface area contributed by atoms with Crippen LogP contribution in [-0.4, -0.2) is 35.6 Å². The normalized spacial score (nSPS) is 12.4. The van der Waals surface area contributed by atoms with Gasteiger partial charge in [-0.3, -0.25) is 4.68 Å². The fourth-order valence-electron chi connectivity index (χ4n) is 2.62. The summed E-state index contributed by atoms with van der Waals surface area (Å²) in [5.41, 5.74) is 1.71. The van der Waals surface area contributed by atoms with Gasteiger partial charge in [0.2, 0.25) is 0 Å². The number of nitrogens with one attached hydrogen (secondary N) is 1. The summed E-state index contributed by atoms with van der Waals surface area (Å²) in [4.78, 5) is 0. The Morgan fingerprint density at radius 1 is 1.04 bits per heavy atom. The number of aromatic nitrogens is 6. The van der Waals surface area contributed by atoms with E-state index in [2.05, 4.69) is 32.6 Å². The number of nitrogens with zero attached hydrogens (tertiary/aromatic N) is 6. The highest BCUT2D eigenvalue weighted by Crippen LogP contribution is 2.18. The van der Waals surface area contributed by atoms with Gasteiger partial charge in [0.05, 0.1) is 6.54 Å². The molecule has 3 heterocycles. The first-order valence-corrected chi connectivity index (χ1v) is 7.81. The minimum absolute atomic E-state index is 0.187. The van der Waals surface area contributed by atoms with Crippen LogP contribution in [0.5, 0.6) is 0 Å². The Kier molecular flexibility index (Phi) is 3.66. The van der Waals surface area contributed by atoms with Gasteiger partial charge in [0.15, 0.2) is 11.5 Å². The predicted molar refractivity (Wildman–Crippen MR) is 91.5 cm³/mol. The van der Waals surface area contributed by atoms with Crippen LogP contribution in [0.3, 0.4) is 0 Å². The molecule has 0 aliphatic carbocycles. The zero-order valence-corrected chi connectivity index (χ0v) is 13.2. The van der Waals surface area contributed by atoms with Gasteiger partial charge in [-0.25, -0.2) is 0 Å². The zero-order valence-electron chi connectivity index (χ0n) is 13.2. The average molecular weight is 319 g/mol. The predicted octanol–water partition coefficient (Wildman–Crippen LogP) is 2.49. The summed E-state index contributed by atoms with van der Waals surface area (Å²) in [6.45, 7) is 2.86. The molecule has 0 radical (unpaired) electrons. The average Bonchev–Trinajstić information content (AvgIpc) is 3.25. The van der Waals surface area contributed by atoms with E-state index >= 15 is 0 Å². The van der Waals surface area contributed by atoms with Crippen molar-refractivity contribution in [1.82, 2.24) is 29.6 Å². The van der Waals surface area contributed by atoms with Crippen LogP contribution in [0.2, 0.25) is 0 Å². The number of hydrogen-bond acceptors (Lipinski definition) is 5. The number of fused-ring (bicyclic) bond motifs is 1. The summed E-state index contributed by atoms with van der Waals surface area (Å²) in [6, 6.07) is 15.9. The van der Waals surface area contributed by atoms with Crippen LogP contribution in [0.4, 0.5) is 5.82 Å². The summed E-state index contributed by atoms with van der Waals surface area (Å²) < 4.78 is 3.66. The Morgan fingerprint density at radius 2 is 1.92 bits per heavy atom. The first-order chi connectivity index (χ1) is 11.8. The molecule has 7 heteroatoms. The molecule has 24 heavy (non-hydrogen) atoms. The van der Waals surface area contributed by atoms with Gasteiger partial charge in [0.25, 0.3) is 0 Å². The van der Waals surface area contributed by atoms with Gasteiger partial charge in [-0.2, -0.15) is 9.61 Å². The fraction of sp³-hybridized carbons (Fsp3) is 0.176. The topological polar surface area (TPSA) is 72.9 Å². The van der Waals surface area contributed by atoms with Crippen molar-refractivity contribution in [2.45, 2.75) is 19.5 Å². The maximum Gasteiger partial charge on any atom is 0.185 e. The second-order valence-electron chi connectivity index (χ2n) is 5.65. The van der Waals surface area contributed by atoms with Crippen LogP contribution in [-0.2, 0) is 6.54 Å². The second kappa shape index (κ2) is 6.11. The zero-order chi connectivity index (χ0) is 16.4. The van der Waals surface area contributed by atoms with Crippen molar-refractivity contribution in [2.24, 2.45) is 0 Å². The molecule has 0 saturated carbocycles. The maximum absolute atomic E-state index is 4.63. The third-order valence-corrected chi connectivity index (χ3v) is 3.71. The maximum atomic E-state index is 4.63. The van der Waals surface area contributed by atoms with E-state index in [4.69, 9.17) is 0 Å². The molecule has 1 atom stereocenters. The van der Waals surface area contributed by atoms with Gasteiger partial charge in [-0.1, -0.05) is 30.3 Å². The summed E-state index contributed by atoms with van der Waals surface area (Å²) in [6.07, 6.45) is 3.72. The molecule has 0 saturated heterocycles. The Balaban J connectivity index is 1.60. The van der Waals surface area contributed by atoms with Crippen LogP contribution in [0, 0.1) is 0 Å². The van der Waals surface area contributed by atoms with Crippen molar-refractivity contribution < 1.29 is 0 Å². The number of anilines is 1. The van der Waals surface area contributed by atoms with Crippen molar-refractivity contribution in [3.63, 3.8) is 0 Å². The minimum Gasteiger partial charge on any atom is -0.364 e. The summed E-state index contributed by atoms with van der Waals surface area (Å²) in [5, 5.41) is 20.7. The SMILES string of the molecule is CC(Cn1cccn1)Nc1ccc2nnc(-c3ccccc3)n2n1. The van der Waals surface area contributed by atoms with E-state index in [1.807, 2.05) is 59.4 Å². The first-order valence-electron chi connectivity index (χ1n) is 7.81. The van der Waals surface area contributed by atoms with E-state index in [1.165, 1.54) is 0 Å². The Bertz CT molecular complexity index is 928. The van der Waals surface area contributed by atoms with Crippen molar-refractivity contribution in [3.05, 3.63) is 60.9 Å². The van der Waals surface area contributed by atoms with Crippen LogP contribution in [0.15, 0.2) is 60.9 Å². The molecule has 7 nitrogen and oxygen atoms in total. The lowest BCUT2D eigenvalue weighted by Gasteiger charge is -2.14. The monoisotopic (exact) mass is 319 g/mol. The van der Waals surface area contributed by atoms with E-state index in [1.54, 1.807) is 10.7 Å². The van der Waals surface area contributed by atoms with Crippen LogP contribution >= 0.6 is 0 Å². The number of benzene rings is 1. The lowest BCUT2D eigenvalue weighted by molar-refractivity contribution is 0.559. The fourth-order valence-corrected chi connectivity index (χ4v) is 2.62. The second-order valence-corrected chi connectivity index (χ2v) is 5.65. The van der Waals surface area contributed by atoms with Gasteiger partial charge in [-0.15, -0.1) is 15.3 Å². The molecule has 3 aromatic heterocycles. The number of rotatable bonds is 5. The number of hydrogen-bond donors (Lipinski definition) is 1. The van der Waals surface area contributed by atoms with Gasteiger partial charge in [-0.05, 0) is 25.1 Å². The molecule has 0 amide bonds. The van der Waals surface area contributed by atoms with Crippen molar-refractivity contribution >= 4 is 11.5 Å². The van der Waals surface area contributed by atoms with Crippen LogP contribution in [0.1, 0.15) is 6.92 Å². The van der Waals surface area contributed by atoms with Gasteiger partial charge in [0.1, 0.15) is 5.82 Å². The molecule has 1 unspecified atom stereocenters. The standard InChI is InChI=1S/C17H17N7/c1-13(12-23-11-5-10-18-23)19-15-8-9-16-20-21-17(24(16)22-15)14-6-3-2-4-7-14/h2-11,13H,12H2,1H3,(H,19,22). The first kappa shape index (κ1) is 14.4. The Morgan fingerprint density at radius 3 is 2.71 bits per heavy atom. The molecule has 0 bridgehead atoms. The van der Waals surface area contributed by atoms with Crippen molar-refractivity contribution in [3.8, 4) is 11.4 Å².